The first kappa shape index (κ1) is 26.5. The Morgan fingerprint density at radius 3 is 2.13 bits per heavy atom. The van der Waals surface area contributed by atoms with Crippen LogP contribution in [0.15, 0.2) is 4.42 Å². The topological polar surface area (TPSA) is 84.5 Å². The lowest BCUT2D eigenvalue weighted by Gasteiger charge is -2.56. The van der Waals surface area contributed by atoms with Crippen LogP contribution in [0.3, 0.4) is 0 Å². The second-order valence-electron chi connectivity index (χ2n) is 11.6. The van der Waals surface area contributed by atoms with E-state index in [1.165, 1.54) is 57.8 Å². The van der Waals surface area contributed by atoms with E-state index in [9.17, 15) is 5.26 Å². The maximum Gasteiger partial charge on any atom is 0.300 e. The summed E-state index contributed by atoms with van der Waals surface area (Å²) in [5.41, 5.74) is 0.414. The van der Waals surface area contributed by atoms with Crippen molar-refractivity contribution in [2.45, 2.75) is 76.3 Å². The number of nitrogens with zero attached hydrogens (tertiary/aromatic N) is 7. The largest absolute Gasteiger partial charge is 0.426 e. The Morgan fingerprint density at radius 1 is 0.816 bits per heavy atom. The van der Waals surface area contributed by atoms with Gasteiger partial charge >= 0.3 is 0 Å². The molecule has 38 heavy (non-hydrogen) atoms. The van der Waals surface area contributed by atoms with Gasteiger partial charge in [-0.2, -0.15) is 10.2 Å². The molecule has 1 atom stereocenters. The standard InChI is InChI=1S/C28H45N7O3/c29-20-24-25(38-27(30-24)35-17-18-36-22-26(35)32-10-4-1-5-11-32)21-31-16-19-37-28(23-31,33-12-6-2-7-13-33)34-14-8-3-9-15-34/h26H,1-19,21-23H2. The lowest BCUT2D eigenvalue weighted by molar-refractivity contribution is -0.285. The molecule has 0 aliphatic carbocycles. The van der Waals surface area contributed by atoms with Gasteiger partial charge in [0.2, 0.25) is 0 Å². The van der Waals surface area contributed by atoms with Crippen molar-refractivity contribution in [2.75, 3.05) is 83.6 Å². The number of morpholine rings is 2. The zero-order valence-electron chi connectivity index (χ0n) is 23.0. The molecular formula is C28H45N7O3. The van der Waals surface area contributed by atoms with Gasteiger partial charge in [-0.3, -0.25) is 19.6 Å². The van der Waals surface area contributed by atoms with Crippen LogP contribution < -0.4 is 4.90 Å². The summed E-state index contributed by atoms with van der Waals surface area (Å²) in [6.45, 7) is 11.5. The molecular weight excluding hydrogens is 482 g/mol. The summed E-state index contributed by atoms with van der Waals surface area (Å²) in [5.74, 6) is 0.303. The van der Waals surface area contributed by atoms with Crippen LogP contribution in [-0.4, -0.2) is 115 Å². The molecule has 10 nitrogen and oxygen atoms in total. The molecule has 1 aromatic heterocycles. The van der Waals surface area contributed by atoms with Crippen LogP contribution in [0.25, 0.3) is 0 Å². The van der Waals surface area contributed by atoms with E-state index in [1.807, 2.05) is 0 Å². The van der Waals surface area contributed by atoms with Crippen molar-refractivity contribution >= 4 is 6.01 Å². The molecule has 1 unspecified atom stereocenters. The van der Waals surface area contributed by atoms with Crippen LogP contribution in [0.5, 0.6) is 0 Å². The molecule has 0 amide bonds. The van der Waals surface area contributed by atoms with E-state index in [4.69, 9.17) is 18.9 Å². The third-order valence-corrected chi connectivity index (χ3v) is 9.19. The molecule has 6 rings (SSSR count). The molecule has 0 N–H and O–H groups in total. The molecule has 0 aromatic carbocycles. The Balaban J connectivity index is 1.21. The average molecular weight is 528 g/mol. The van der Waals surface area contributed by atoms with Gasteiger partial charge in [0.15, 0.2) is 17.3 Å². The van der Waals surface area contributed by atoms with Crippen molar-refractivity contribution in [3.05, 3.63) is 11.5 Å². The number of anilines is 1. The third-order valence-electron chi connectivity index (χ3n) is 9.19. The predicted octanol–water partition coefficient (Wildman–Crippen LogP) is 2.65. The summed E-state index contributed by atoms with van der Waals surface area (Å²) in [6, 6.07) is 2.90. The molecule has 5 saturated heterocycles. The van der Waals surface area contributed by atoms with Crippen molar-refractivity contribution in [2.24, 2.45) is 0 Å². The zero-order valence-corrected chi connectivity index (χ0v) is 23.0. The molecule has 5 aliphatic heterocycles. The van der Waals surface area contributed by atoms with Crippen molar-refractivity contribution in [3.63, 3.8) is 0 Å². The molecule has 10 heteroatoms. The van der Waals surface area contributed by atoms with E-state index in [2.05, 4.69) is 30.6 Å². The minimum Gasteiger partial charge on any atom is -0.426 e. The summed E-state index contributed by atoms with van der Waals surface area (Å²) in [7, 11) is 0. The minimum atomic E-state index is -0.377. The molecule has 0 radical (unpaired) electrons. The highest BCUT2D eigenvalue weighted by atomic mass is 16.5. The summed E-state index contributed by atoms with van der Waals surface area (Å²) < 4.78 is 19.0. The maximum atomic E-state index is 10.00. The van der Waals surface area contributed by atoms with Crippen molar-refractivity contribution in [1.82, 2.24) is 24.6 Å². The molecule has 0 spiro atoms. The van der Waals surface area contributed by atoms with Gasteiger partial charge in [0.25, 0.3) is 6.01 Å². The summed E-state index contributed by atoms with van der Waals surface area (Å²) >= 11 is 0. The number of ether oxygens (including phenoxy) is 2. The van der Waals surface area contributed by atoms with Crippen LogP contribution in [0.2, 0.25) is 0 Å². The van der Waals surface area contributed by atoms with E-state index in [0.29, 0.717) is 43.8 Å². The van der Waals surface area contributed by atoms with Crippen molar-refractivity contribution < 1.29 is 13.9 Å². The molecule has 0 saturated carbocycles. The van der Waals surface area contributed by atoms with Crippen LogP contribution in [0.4, 0.5) is 6.01 Å². The molecule has 1 aromatic rings. The number of piperidine rings is 3. The second-order valence-corrected chi connectivity index (χ2v) is 11.6. The zero-order chi connectivity index (χ0) is 25.8. The van der Waals surface area contributed by atoms with Gasteiger partial charge in [-0.15, -0.1) is 0 Å². The molecule has 210 valence electrons. The number of aromatic nitrogens is 1. The first-order valence-electron chi connectivity index (χ1n) is 15.1. The fourth-order valence-electron chi connectivity index (χ4n) is 7.15. The van der Waals surface area contributed by atoms with Gasteiger partial charge < -0.3 is 18.8 Å². The fraction of sp³-hybridized carbons (Fsp3) is 0.857. The highest BCUT2D eigenvalue weighted by molar-refractivity contribution is 5.37. The number of hydrogen-bond acceptors (Lipinski definition) is 10. The predicted molar refractivity (Wildman–Crippen MR) is 143 cm³/mol. The summed E-state index contributed by atoms with van der Waals surface area (Å²) in [5, 5.41) is 10.00. The van der Waals surface area contributed by atoms with Crippen LogP contribution in [0.1, 0.15) is 69.2 Å². The SMILES string of the molecule is N#Cc1nc(N2CCOCC2N2CCCCC2)oc1CN1CCOC(N2CCCCC2)(N2CCCCC2)C1. The van der Waals surface area contributed by atoms with E-state index < -0.39 is 0 Å². The van der Waals surface area contributed by atoms with E-state index in [1.54, 1.807) is 0 Å². The summed E-state index contributed by atoms with van der Waals surface area (Å²) in [6.07, 6.45) is 11.4. The first-order chi connectivity index (χ1) is 18.8. The summed E-state index contributed by atoms with van der Waals surface area (Å²) in [4.78, 5) is 17.1. The highest BCUT2D eigenvalue weighted by Gasteiger charge is 2.47. The Hall–Kier alpha value is -1.74. The lowest BCUT2D eigenvalue weighted by atomic mass is 10.0. The van der Waals surface area contributed by atoms with E-state index in [0.717, 1.165) is 58.9 Å². The molecule has 5 fully saturated rings. The number of rotatable bonds is 6. The molecule has 6 heterocycles. The minimum absolute atomic E-state index is 0.122. The number of hydrogen-bond donors (Lipinski definition) is 0. The Morgan fingerprint density at radius 2 is 1.47 bits per heavy atom. The van der Waals surface area contributed by atoms with E-state index >= 15 is 0 Å². The van der Waals surface area contributed by atoms with Crippen molar-refractivity contribution in [1.29, 1.82) is 5.26 Å². The maximum absolute atomic E-state index is 10.00. The van der Waals surface area contributed by atoms with Gasteiger partial charge in [0.05, 0.1) is 32.9 Å². The van der Waals surface area contributed by atoms with Gasteiger partial charge in [-0.25, -0.2) is 0 Å². The highest BCUT2D eigenvalue weighted by Crippen LogP contribution is 2.34. The van der Waals surface area contributed by atoms with Crippen LogP contribution in [-0.2, 0) is 16.0 Å². The number of likely N-dealkylation sites (tertiary alicyclic amines) is 3. The third kappa shape index (κ3) is 5.47. The fourth-order valence-corrected chi connectivity index (χ4v) is 7.15. The number of nitriles is 1. The lowest BCUT2D eigenvalue weighted by Crippen LogP contribution is -2.71. The van der Waals surface area contributed by atoms with Gasteiger partial charge in [-0.1, -0.05) is 19.3 Å². The van der Waals surface area contributed by atoms with Crippen molar-refractivity contribution in [3.8, 4) is 6.07 Å². The van der Waals surface area contributed by atoms with Crippen LogP contribution >= 0.6 is 0 Å². The van der Waals surface area contributed by atoms with Gasteiger partial charge in [0.1, 0.15) is 12.2 Å². The Bertz CT molecular complexity index is 929. The smallest absolute Gasteiger partial charge is 0.300 e. The average Bonchev–Trinajstić information content (AvgIpc) is 3.41. The van der Waals surface area contributed by atoms with Gasteiger partial charge in [-0.05, 0) is 38.5 Å². The van der Waals surface area contributed by atoms with Gasteiger partial charge in [0, 0.05) is 52.4 Å². The Labute approximate surface area is 227 Å². The monoisotopic (exact) mass is 527 g/mol. The Kier molecular flexibility index (Phi) is 8.50. The quantitative estimate of drug-likeness (QED) is 0.550. The van der Waals surface area contributed by atoms with Crippen LogP contribution in [0, 0.1) is 11.3 Å². The molecule has 5 aliphatic rings. The van der Waals surface area contributed by atoms with E-state index in [-0.39, 0.29) is 12.0 Å². The second kappa shape index (κ2) is 12.2. The normalized spacial score (nSPS) is 28.8. The number of oxazole rings is 1. The molecule has 0 bridgehead atoms. The first-order valence-corrected chi connectivity index (χ1v) is 15.1.